The van der Waals surface area contributed by atoms with Gasteiger partial charge in [-0.25, -0.2) is 10.2 Å². The van der Waals surface area contributed by atoms with E-state index in [4.69, 9.17) is 4.74 Å². The van der Waals surface area contributed by atoms with Gasteiger partial charge in [-0.1, -0.05) is 18.2 Å². The van der Waals surface area contributed by atoms with E-state index in [1.54, 1.807) is 42.5 Å². The van der Waals surface area contributed by atoms with Gasteiger partial charge in [-0.15, -0.1) is 0 Å². The van der Waals surface area contributed by atoms with Crippen LogP contribution in [0.4, 0.5) is 5.69 Å². The summed E-state index contributed by atoms with van der Waals surface area (Å²) in [4.78, 5) is 38.6. The van der Waals surface area contributed by atoms with Gasteiger partial charge in [0.2, 0.25) is 0 Å². The number of esters is 1. The molecule has 3 rings (SSSR count). The van der Waals surface area contributed by atoms with E-state index >= 15 is 0 Å². The van der Waals surface area contributed by atoms with Gasteiger partial charge in [0.1, 0.15) is 5.75 Å². The highest BCUT2D eigenvalue weighted by molar-refractivity contribution is 5.96. The van der Waals surface area contributed by atoms with Gasteiger partial charge in [0.05, 0.1) is 22.3 Å². The van der Waals surface area contributed by atoms with Crippen molar-refractivity contribution in [3.8, 4) is 5.75 Å². The molecule has 0 bridgehead atoms. The van der Waals surface area contributed by atoms with Crippen LogP contribution in [0.2, 0.25) is 0 Å². The lowest BCUT2D eigenvalue weighted by Gasteiger charge is -2.07. The predicted octanol–water partition coefficient (Wildman–Crippen LogP) is 2.97. The van der Waals surface area contributed by atoms with E-state index in [1.807, 2.05) is 0 Å². The molecule has 9 nitrogen and oxygen atoms in total. The van der Waals surface area contributed by atoms with E-state index in [2.05, 4.69) is 15.5 Å². The highest BCUT2D eigenvalue weighted by Crippen LogP contribution is 2.24. The van der Waals surface area contributed by atoms with Crippen LogP contribution in [0.1, 0.15) is 26.3 Å². The normalized spacial score (nSPS) is 10.5. The molecule has 0 aliphatic carbocycles. The Labute approximate surface area is 164 Å². The Bertz CT molecular complexity index is 1070. The number of ether oxygens (including phenoxy) is 1. The zero-order valence-electron chi connectivity index (χ0n) is 14.9. The number of carbonyl (C=O) groups excluding carboxylic acids is 2. The third-order valence-electron chi connectivity index (χ3n) is 3.71. The van der Waals surface area contributed by atoms with Gasteiger partial charge in [0.15, 0.2) is 0 Å². The maximum Gasteiger partial charge on any atom is 0.343 e. The van der Waals surface area contributed by atoms with E-state index in [9.17, 15) is 19.7 Å². The Morgan fingerprint density at radius 3 is 2.52 bits per heavy atom. The minimum Gasteiger partial charge on any atom is -0.422 e. The maximum atomic E-state index is 12.3. The fraction of sp³-hybridized carbons (Fsp3) is 0. The van der Waals surface area contributed by atoms with E-state index in [0.29, 0.717) is 11.1 Å². The number of benzene rings is 2. The number of nitro benzene ring substituents is 1. The number of rotatable bonds is 6. The SMILES string of the molecule is O=C(NN=Cc1cc([N+](=O)[O-])ccc1OC(=O)c1ccccc1)c1cccnc1. The molecule has 1 heterocycles. The number of nitrogens with zero attached hydrogens (tertiary/aromatic N) is 3. The largest absolute Gasteiger partial charge is 0.422 e. The lowest BCUT2D eigenvalue weighted by molar-refractivity contribution is -0.384. The number of non-ortho nitro benzene ring substituents is 1. The first-order chi connectivity index (χ1) is 14.0. The topological polar surface area (TPSA) is 124 Å². The highest BCUT2D eigenvalue weighted by atomic mass is 16.6. The summed E-state index contributed by atoms with van der Waals surface area (Å²) in [7, 11) is 0. The van der Waals surface area contributed by atoms with Crippen LogP contribution in [0.3, 0.4) is 0 Å². The van der Waals surface area contributed by atoms with E-state index in [1.165, 1.54) is 30.6 Å². The highest BCUT2D eigenvalue weighted by Gasteiger charge is 2.15. The number of hydrazone groups is 1. The molecular formula is C20H14N4O5. The van der Waals surface area contributed by atoms with Crippen molar-refractivity contribution in [3.05, 3.63) is 99.9 Å². The summed E-state index contributed by atoms with van der Waals surface area (Å²) in [5.41, 5.74) is 2.83. The first kappa shape index (κ1) is 19.4. The monoisotopic (exact) mass is 390 g/mol. The molecule has 0 spiro atoms. The number of nitrogens with one attached hydrogen (secondary N) is 1. The van der Waals surface area contributed by atoms with Crippen LogP contribution in [0, 0.1) is 10.1 Å². The van der Waals surface area contributed by atoms with Gasteiger partial charge in [0, 0.05) is 30.1 Å². The molecule has 1 aromatic heterocycles. The summed E-state index contributed by atoms with van der Waals surface area (Å²) >= 11 is 0. The molecule has 0 saturated carbocycles. The summed E-state index contributed by atoms with van der Waals surface area (Å²) in [6.07, 6.45) is 4.05. The fourth-order valence-electron chi connectivity index (χ4n) is 2.30. The van der Waals surface area contributed by atoms with Crippen molar-refractivity contribution >= 4 is 23.8 Å². The Hall–Kier alpha value is -4.40. The lowest BCUT2D eigenvalue weighted by atomic mass is 10.2. The number of carbonyl (C=O) groups is 2. The van der Waals surface area contributed by atoms with Crippen molar-refractivity contribution in [1.29, 1.82) is 0 Å². The molecule has 3 aromatic rings. The molecule has 0 aliphatic heterocycles. The Balaban J connectivity index is 1.81. The molecule has 0 saturated heterocycles. The molecule has 0 radical (unpaired) electrons. The van der Waals surface area contributed by atoms with Crippen LogP contribution in [-0.4, -0.2) is 28.0 Å². The van der Waals surface area contributed by atoms with Gasteiger partial charge in [-0.05, 0) is 30.3 Å². The molecule has 0 unspecified atom stereocenters. The zero-order valence-corrected chi connectivity index (χ0v) is 14.9. The smallest absolute Gasteiger partial charge is 0.343 e. The van der Waals surface area contributed by atoms with Crippen LogP contribution in [0.5, 0.6) is 5.75 Å². The standard InChI is InChI=1S/C20H14N4O5/c25-19(15-7-4-10-21-12-15)23-22-13-16-11-17(24(27)28)8-9-18(16)29-20(26)14-5-2-1-3-6-14/h1-13H,(H,23,25). The molecular weight excluding hydrogens is 376 g/mol. The molecule has 1 N–H and O–H groups in total. The second-order valence-electron chi connectivity index (χ2n) is 5.68. The zero-order chi connectivity index (χ0) is 20.6. The Morgan fingerprint density at radius 2 is 1.83 bits per heavy atom. The van der Waals surface area contributed by atoms with Gasteiger partial charge in [0.25, 0.3) is 11.6 Å². The molecule has 144 valence electrons. The number of aromatic nitrogens is 1. The summed E-state index contributed by atoms with van der Waals surface area (Å²) in [5, 5.41) is 14.8. The van der Waals surface area contributed by atoms with Crippen molar-refractivity contribution < 1.29 is 19.2 Å². The average Bonchev–Trinajstić information content (AvgIpc) is 2.75. The quantitative estimate of drug-likeness (QED) is 0.227. The Kier molecular flexibility index (Phi) is 6.01. The van der Waals surface area contributed by atoms with Gasteiger partial charge < -0.3 is 4.74 Å². The number of amides is 1. The van der Waals surface area contributed by atoms with Crippen molar-refractivity contribution in [1.82, 2.24) is 10.4 Å². The number of pyridine rings is 1. The van der Waals surface area contributed by atoms with Crippen molar-refractivity contribution in [3.63, 3.8) is 0 Å². The second kappa shape index (κ2) is 9.00. The molecule has 9 heteroatoms. The van der Waals surface area contributed by atoms with Crippen molar-refractivity contribution in [2.45, 2.75) is 0 Å². The van der Waals surface area contributed by atoms with Crippen LogP contribution in [-0.2, 0) is 0 Å². The van der Waals surface area contributed by atoms with Gasteiger partial charge >= 0.3 is 5.97 Å². The van der Waals surface area contributed by atoms with Crippen LogP contribution in [0.15, 0.2) is 78.2 Å². The van der Waals surface area contributed by atoms with Crippen LogP contribution >= 0.6 is 0 Å². The fourth-order valence-corrected chi connectivity index (χ4v) is 2.30. The van der Waals surface area contributed by atoms with Crippen LogP contribution in [0.25, 0.3) is 0 Å². The van der Waals surface area contributed by atoms with Crippen molar-refractivity contribution in [2.75, 3.05) is 0 Å². The molecule has 29 heavy (non-hydrogen) atoms. The van der Waals surface area contributed by atoms with E-state index in [-0.39, 0.29) is 17.0 Å². The number of nitro groups is 1. The number of hydrogen-bond acceptors (Lipinski definition) is 7. The van der Waals surface area contributed by atoms with E-state index < -0.39 is 16.8 Å². The van der Waals surface area contributed by atoms with Gasteiger partial charge in [-0.2, -0.15) is 5.10 Å². The molecule has 2 aromatic carbocycles. The maximum absolute atomic E-state index is 12.3. The summed E-state index contributed by atoms with van der Waals surface area (Å²) in [5.74, 6) is -1.08. The van der Waals surface area contributed by atoms with Crippen LogP contribution < -0.4 is 10.2 Å². The second-order valence-corrected chi connectivity index (χ2v) is 5.68. The van der Waals surface area contributed by atoms with Gasteiger partial charge in [-0.3, -0.25) is 19.9 Å². The predicted molar refractivity (Wildman–Crippen MR) is 104 cm³/mol. The third kappa shape index (κ3) is 5.07. The summed E-state index contributed by atoms with van der Waals surface area (Å²) < 4.78 is 5.33. The molecule has 0 fully saturated rings. The molecule has 0 aliphatic rings. The first-order valence-corrected chi connectivity index (χ1v) is 8.33. The minimum atomic E-state index is -0.631. The summed E-state index contributed by atoms with van der Waals surface area (Å²) in [6.45, 7) is 0. The Morgan fingerprint density at radius 1 is 1.07 bits per heavy atom. The lowest BCUT2D eigenvalue weighted by Crippen LogP contribution is -2.17. The van der Waals surface area contributed by atoms with Crippen molar-refractivity contribution in [2.24, 2.45) is 5.10 Å². The third-order valence-corrected chi connectivity index (χ3v) is 3.71. The first-order valence-electron chi connectivity index (χ1n) is 8.33. The summed E-state index contributed by atoms with van der Waals surface area (Å²) in [6, 6.07) is 15.1. The molecule has 1 amide bonds. The number of hydrogen-bond donors (Lipinski definition) is 1. The average molecular weight is 390 g/mol. The molecule has 0 atom stereocenters. The minimum absolute atomic E-state index is 0.0591. The van der Waals surface area contributed by atoms with E-state index in [0.717, 1.165) is 6.21 Å².